The maximum atomic E-state index is 9.98. The molecule has 2 nitrogen and oxygen atoms in total. The van der Waals surface area contributed by atoms with Gasteiger partial charge in [0.05, 0.1) is 6.10 Å². The van der Waals surface area contributed by atoms with Gasteiger partial charge in [0, 0.05) is 5.92 Å². The Morgan fingerprint density at radius 1 is 1.05 bits per heavy atom. The smallest absolute Gasteiger partial charge is 0.116 e. The maximum Gasteiger partial charge on any atom is 0.116 e. The van der Waals surface area contributed by atoms with Crippen molar-refractivity contribution in [1.29, 1.82) is 0 Å². The number of phenolic OH excluding ortho intramolecular Hbond substituents is 1. The van der Waals surface area contributed by atoms with Gasteiger partial charge >= 0.3 is 0 Å². The average molecular weight is 294 g/mol. The Kier molecular flexibility index (Phi) is 3.23. The lowest BCUT2D eigenvalue weighted by molar-refractivity contribution is -0.0990. The highest BCUT2D eigenvalue weighted by atomic mass is 16.5. The SMILES string of the molecule is CC1(c2ccccc2)O[C@@H]2CCCC[C@H]2c2cc(O)ccc21. The van der Waals surface area contributed by atoms with Crippen LogP contribution in [0.3, 0.4) is 0 Å². The predicted octanol–water partition coefficient (Wildman–Crippen LogP) is 4.71. The van der Waals surface area contributed by atoms with Crippen LogP contribution >= 0.6 is 0 Å². The number of aromatic hydroxyl groups is 1. The predicted molar refractivity (Wildman–Crippen MR) is 87.1 cm³/mol. The fraction of sp³-hybridized carbons (Fsp3) is 0.400. The second-order valence-corrected chi connectivity index (χ2v) is 6.72. The van der Waals surface area contributed by atoms with E-state index in [1.165, 1.54) is 29.5 Å². The minimum absolute atomic E-state index is 0.258. The number of ether oxygens (including phenoxy) is 1. The molecule has 2 aromatic rings. The standard InChI is InChI=1S/C20H22O2/c1-20(14-7-3-2-4-8-14)18-12-11-15(21)13-17(18)16-9-5-6-10-19(16)22-20/h2-4,7-8,11-13,16,19,21H,5-6,9-10H2,1H3/t16-,19+,20?/m0/s1. The van der Waals surface area contributed by atoms with Crippen molar-refractivity contribution in [2.75, 3.05) is 0 Å². The van der Waals surface area contributed by atoms with Crippen molar-refractivity contribution in [3.63, 3.8) is 0 Å². The highest BCUT2D eigenvalue weighted by Crippen LogP contribution is 2.50. The Balaban J connectivity index is 1.90. The summed E-state index contributed by atoms with van der Waals surface area (Å²) < 4.78 is 6.65. The lowest BCUT2D eigenvalue weighted by Crippen LogP contribution is -2.42. The van der Waals surface area contributed by atoms with E-state index < -0.39 is 5.60 Å². The molecule has 1 N–H and O–H groups in total. The molecule has 1 heterocycles. The number of benzene rings is 2. The van der Waals surface area contributed by atoms with E-state index >= 15 is 0 Å². The zero-order valence-corrected chi connectivity index (χ0v) is 13.0. The van der Waals surface area contributed by atoms with Gasteiger partial charge in [0.25, 0.3) is 0 Å². The fourth-order valence-electron chi connectivity index (χ4n) is 4.23. The highest BCUT2D eigenvalue weighted by molar-refractivity contribution is 5.47. The number of hydrogen-bond donors (Lipinski definition) is 1. The molecule has 0 spiro atoms. The van der Waals surface area contributed by atoms with Gasteiger partial charge in [-0.2, -0.15) is 0 Å². The summed E-state index contributed by atoms with van der Waals surface area (Å²) in [6.45, 7) is 2.17. The van der Waals surface area contributed by atoms with Crippen molar-refractivity contribution in [2.24, 2.45) is 0 Å². The summed E-state index contributed by atoms with van der Waals surface area (Å²) in [6.07, 6.45) is 5.02. The molecule has 2 aromatic carbocycles. The summed E-state index contributed by atoms with van der Waals surface area (Å²) in [4.78, 5) is 0. The Morgan fingerprint density at radius 2 is 1.82 bits per heavy atom. The second-order valence-electron chi connectivity index (χ2n) is 6.72. The van der Waals surface area contributed by atoms with Crippen LogP contribution in [0.1, 0.15) is 55.2 Å². The normalized spacial score (nSPS) is 30.4. The summed E-state index contributed by atoms with van der Waals surface area (Å²) in [5.74, 6) is 0.785. The molecule has 0 amide bonds. The van der Waals surface area contributed by atoms with Gasteiger partial charge in [0.15, 0.2) is 0 Å². The summed E-state index contributed by atoms with van der Waals surface area (Å²) in [7, 11) is 0. The Bertz CT molecular complexity index is 679. The van der Waals surface area contributed by atoms with Gasteiger partial charge in [0.2, 0.25) is 0 Å². The van der Waals surface area contributed by atoms with Crippen LogP contribution in [0.25, 0.3) is 0 Å². The van der Waals surface area contributed by atoms with Crippen molar-refractivity contribution >= 4 is 0 Å². The largest absolute Gasteiger partial charge is 0.508 e. The number of phenols is 1. The van der Waals surface area contributed by atoms with Crippen molar-refractivity contribution in [3.05, 3.63) is 65.2 Å². The molecule has 0 bridgehead atoms. The van der Waals surface area contributed by atoms with E-state index in [0.717, 1.165) is 12.8 Å². The van der Waals surface area contributed by atoms with Gasteiger partial charge in [-0.15, -0.1) is 0 Å². The number of fused-ring (bicyclic) bond motifs is 3. The second kappa shape index (κ2) is 5.13. The van der Waals surface area contributed by atoms with Crippen LogP contribution in [-0.2, 0) is 10.3 Å². The molecule has 0 radical (unpaired) electrons. The van der Waals surface area contributed by atoms with Crippen LogP contribution in [0, 0.1) is 0 Å². The molecule has 22 heavy (non-hydrogen) atoms. The van der Waals surface area contributed by atoms with Gasteiger partial charge in [-0.05, 0) is 48.6 Å². The van der Waals surface area contributed by atoms with Crippen LogP contribution < -0.4 is 0 Å². The van der Waals surface area contributed by atoms with Gasteiger partial charge in [0.1, 0.15) is 11.4 Å². The monoisotopic (exact) mass is 294 g/mol. The molecule has 2 aliphatic rings. The molecular weight excluding hydrogens is 272 g/mol. The van der Waals surface area contributed by atoms with E-state index in [2.05, 4.69) is 31.2 Å². The molecule has 2 heteroatoms. The number of hydrogen-bond acceptors (Lipinski definition) is 2. The van der Waals surface area contributed by atoms with Crippen LogP contribution in [0.4, 0.5) is 0 Å². The maximum absolute atomic E-state index is 9.98. The molecule has 114 valence electrons. The first kappa shape index (κ1) is 13.8. The first-order valence-corrected chi connectivity index (χ1v) is 8.25. The molecule has 3 atom stereocenters. The zero-order valence-electron chi connectivity index (χ0n) is 13.0. The summed E-state index contributed by atoms with van der Waals surface area (Å²) in [5.41, 5.74) is 3.25. The quantitative estimate of drug-likeness (QED) is 0.825. The van der Waals surface area contributed by atoms with Gasteiger partial charge < -0.3 is 9.84 Å². The third kappa shape index (κ3) is 2.05. The van der Waals surface area contributed by atoms with Crippen LogP contribution in [0.2, 0.25) is 0 Å². The first-order chi connectivity index (χ1) is 10.7. The molecule has 1 aliphatic heterocycles. The molecule has 1 aliphatic carbocycles. The third-order valence-electron chi connectivity index (χ3n) is 5.36. The van der Waals surface area contributed by atoms with E-state index in [9.17, 15) is 5.11 Å². The van der Waals surface area contributed by atoms with Gasteiger partial charge in [-0.25, -0.2) is 0 Å². The van der Waals surface area contributed by atoms with E-state index in [-0.39, 0.29) is 6.10 Å². The van der Waals surface area contributed by atoms with Crippen LogP contribution in [-0.4, -0.2) is 11.2 Å². The number of rotatable bonds is 1. The lowest BCUT2D eigenvalue weighted by Gasteiger charge is -2.47. The molecular formula is C20H22O2. The summed E-state index contributed by atoms with van der Waals surface area (Å²) in [6, 6.07) is 16.2. The van der Waals surface area contributed by atoms with Crippen molar-refractivity contribution in [2.45, 2.75) is 50.2 Å². The zero-order chi connectivity index (χ0) is 15.2. The van der Waals surface area contributed by atoms with Crippen LogP contribution in [0.15, 0.2) is 48.5 Å². The molecule has 0 aromatic heterocycles. The van der Waals surface area contributed by atoms with Crippen molar-refractivity contribution in [3.8, 4) is 5.75 Å². The van der Waals surface area contributed by atoms with Crippen LogP contribution in [0.5, 0.6) is 5.75 Å². The van der Waals surface area contributed by atoms with E-state index in [1.54, 1.807) is 6.07 Å². The molecule has 4 rings (SSSR count). The molecule has 1 saturated carbocycles. The molecule has 0 saturated heterocycles. The Hall–Kier alpha value is -1.80. The topological polar surface area (TPSA) is 29.5 Å². The molecule has 1 unspecified atom stereocenters. The Morgan fingerprint density at radius 3 is 2.64 bits per heavy atom. The van der Waals surface area contributed by atoms with Crippen molar-refractivity contribution in [1.82, 2.24) is 0 Å². The van der Waals surface area contributed by atoms with E-state index in [1.807, 2.05) is 18.2 Å². The average Bonchev–Trinajstić information content (AvgIpc) is 2.55. The Labute approximate surface area is 131 Å². The minimum Gasteiger partial charge on any atom is -0.508 e. The highest BCUT2D eigenvalue weighted by Gasteiger charge is 2.44. The summed E-state index contributed by atoms with van der Waals surface area (Å²) in [5, 5.41) is 9.98. The van der Waals surface area contributed by atoms with Gasteiger partial charge in [-0.1, -0.05) is 49.2 Å². The first-order valence-electron chi connectivity index (χ1n) is 8.25. The minimum atomic E-state index is -0.428. The lowest BCUT2D eigenvalue weighted by atomic mass is 9.72. The molecule has 1 fully saturated rings. The van der Waals surface area contributed by atoms with Gasteiger partial charge in [-0.3, -0.25) is 0 Å². The fourth-order valence-corrected chi connectivity index (χ4v) is 4.23. The van der Waals surface area contributed by atoms with Crippen molar-refractivity contribution < 1.29 is 9.84 Å². The summed E-state index contributed by atoms with van der Waals surface area (Å²) >= 11 is 0. The van der Waals surface area contributed by atoms with E-state index in [4.69, 9.17) is 4.74 Å². The third-order valence-corrected chi connectivity index (χ3v) is 5.36. The van der Waals surface area contributed by atoms with E-state index in [0.29, 0.717) is 11.7 Å².